The molecule has 1 unspecified atom stereocenters. The largest absolute Gasteiger partial charge is 0.341 e. The molecule has 1 aromatic carbocycles. The highest BCUT2D eigenvalue weighted by Crippen LogP contribution is 2.26. The minimum Gasteiger partial charge on any atom is -0.341 e. The van der Waals surface area contributed by atoms with Gasteiger partial charge in [-0.25, -0.2) is 9.97 Å². The maximum absolute atomic E-state index is 4.66. The van der Waals surface area contributed by atoms with Crippen LogP contribution < -0.4 is 0 Å². The van der Waals surface area contributed by atoms with E-state index in [-0.39, 0.29) is 6.04 Å². The van der Waals surface area contributed by atoms with Gasteiger partial charge >= 0.3 is 0 Å². The van der Waals surface area contributed by atoms with Gasteiger partial charge in [0, 0.05) is 4.88 Å². The maximum atomic E-state index is 4.66. The monoisotopic (exact) mass is 300 g/mol. The van der Waals surface area contributed by atoms with Gasteiger partial charge in [0.1, 0.15) is 5.82 Å². The summed E-state index contributed by atoms with van der Waals surface area (Å²) in [6.07, 6.45) is 0. The molecule has 2 heterocycles. The predicted molar refractivity (Wildman–Crippen MR) is 87.6 cm³/mol. The molecule has 3 rings (SSSR count). The number of thiazole rings is 1. The van der Waals surface area contributed by atoms with Gasteiger partial charge in [0.15, 0.2) is 0 Å². The van der Waals surface area contributed by atoms with Crippen molar-refractivity contribution in [1.29, 1.82) is 0 Å². The zero-order chi connectivity index (χ0) is 15.0. The summed E-state index contributed by atoms with van der Waals surface area (Å²) < 4.78 is 0. The molecule has 0 saturated heterocycles. The predicted octanol–water partition coefficient (Wildman–Crippen LogP) is 3.83. The van der Waals surface area contributed by atoms with Crippen LogP contribution in [0, 0.1) is 13.8 Å². The van der Waals surface area contributed by atoms with E-state index in [1.54, 1.807) is 11.3 Å². The van der Waals surface area contributed by atoms with E-state index in [0.29, 0.717) is 0 Å². The van der Waals surface area contributed by atoms with Crippen molar-refractivity contribution in [3.05, 3.63) is 45.7 Å². The molecule has 1 atom stereocenters. The number of fused-ring (bicyclic) bond motifs is 1. The van der Waals surface area contributed by atoms with Crippen molar-refractivity contribution in [3.8, 4) is 0 Å². The number of nitrogens with zero attached hydrogens (tertiary/aromatic N) is 3. The van der Waals surface area contributed by atoms with Crippen LogP contribution in [-0.2, 0) is 6.54 Å². The van der Waals surface area contributed by atoms with Crippen LogP contribution in [0.4, 0.5) is 0 Å². The number of benzene rings is 1. The second-order valence-corrected chi connectivity index (χ2v) is 6.87. The van der Waals surface area contributed by atoms with E-state index >= 15 is 0 Å². The number of H-pyrrole nitrogens is 1. The van der Waals surface area contributed by atoms with Crippen LogP contribution >= 0.6 is 11.3 Å². The zero-order valence-corrected chi connectivity index (χ0v) is 13.7. The Kier molecular flexibility index (Phi) is 3.78. The van der Waals surface area contributed by atoms with Crippen LogP contribution in [0.3, 0.4) is 0 Å². The lowest BCUT2D eigenvalue weighted by Crippen LogP contribution is -2.23. The molecule has 0 fully saturated rings. The van der Waals surface area contributed by atoms with Gasteiger partial charge < -0.3 is 4.98 Å². The van der Waals surface area contributed by atoms with Crippen LogP contribution in [0.5, 0.6) is 0 Å². The van der Waals surface area contributed by atoms with Crippen molar-refractivity contribution in [1.82, 2.24) is 19.9 Å². The maximum Gasteiger partial charge on any atom is 0.121 e. The summed E-state index contributed by atoms with van der Waals surface area (Å²) in [5.41, 5.74) is 3.29. The van der Waals surface area contributed by atoms with E-state index in [9.17, 15) is 0 Å². The van der Waals surface area contributed by atoms with Crippen LogP contribution in [0.15, 0.2) is 24.3 Å². The fourth-order valence-electron chi connectivity index (χ4n) is 2.60. The molecule has 0 aliphatic carbocycles. The SMILES string of the molecule is Cc1nc(C(C)N(C)Cc2nc3ccccc3[nH]2)c(C)s1. The normalized spacial score (nSPS) is 13.2. The highest BCUT2D eigenvalue weighted by Gasteiger charge is 2.18. The minimum absolute atomic E-state index is 0.281. The third-order valence-corrected chi connectivity index (χ3v) is 4.74. The lowest BCUT2D eigenvalue weighted by Gasteiger charge is -2.22. The van der Waals surface area contributed by atoms with Gasteiger partial charge in [0.05, 0.1) is 34.3 Å². The van der Waals surface area contributed by atoms with E-state index in [1.165, 1.54) is 10.6 Å². The van der Waals surface area contributed by atoms with Crippen LogP contribution in [0.2, 0.25) is 0 Å². The second kappa shape index (κ2) is 5.58. The van der Waals surface area contributed by atoms with E-state index in [1.807, 2.05) is 18.2 Å². The summed E-state index contributed by atoms with van der Waals surface area (Å²) >= 11 is 1.76. The molecular formula is C16H20N4S. The summed E-state index contributed by atoms with van der Waals surface area (Å²) in [6.45, 7) is 7.19. The number of aromatic nitrogens is 3. The molecule has 0 saturated carbocycles. The van der Waals surface area contributed by atoms with Gasteiger partial charge in [-0.1, -0.05) is 12.1 Å². The molecule has 1 N–H and O–H groups in total. The highest BCUT2D eigenvalue weighted by molar-refractivity contribution is 7.11. The van der Waals surface area contributed by atoms with Gasteiger partial charge in [-0.05, 0) is 40.0 Å². The Hall–Kier alpha value is -1.72. The zero-order valence-electron chi connectivity index (χ0n) is 12.8. The van der Waals surface area contributed by atoms with Gasteiger partial charge in [0.25, 0.3) is 0 Å². The average Bonchev–Trinajstić information content (AvgIpc) is 3.00. The number of nitrogens with one attached hydrogen (secondary N) is 1. The number of para-hydroxylation sites is 2. The fourth-order valence-corrected chi connectivity index (χ4v) is 3.50. The first kappa shape index (κ1) is 14.2. The van der Waals surface area contributed by atoms with E-state index in [0.717, 1.165) is 28.4 Å². The third-order valence-electron chi connectivity index (χ3n) is 3.83. The summed E-state index contributed by atoms with van der Waals surface area (Å²) in [7, 11) is 2.12. The van der Waals surface area contributed by atoms with Gasteiger partial charge in [-0.3, -0.25) is 4.90 Å². The fraction of sp³-hybridized carbons (Fsp3) is 0.375. The second-order valence-electron chi connectivity index (χ2n) is 5.47. The molecule has 21 heavy (non-hydrogen) atoms. The first-order chi connectivity index (χ1) is 10.0. The van der Waals surface area contributed by atoms with Crippen molar-refractivity contribution >= 4 is 22.4 Å². The van der Waals surface area contributed by atoms with E-state index in [2.05, 4.69) is 53.7 Å². The number of aryl methyl sites for hydroxylation is 2. The Morgan fingerprint density at radius 1 is 1.24 bits per heavy atom. The average molecular weight is 300 g/mol. The van der Waals surface area contributed by atoms with Crippen molar-refractivity contribution in [2.75, 3.05) is 7.05 Å². The molecule has 4 nitrogen and oxygen atoms in total. The van der Waals surface area contributed by atoms with Crippen molar-refractivity contribution < 1.29 is 0 Å². The Labute approximate surface area is 128 Å². The number of hydrogen-bond acceptors (Lipinski definition) is 4. The highest BCUT2D eigenvalue weighted by atomic mass is 32.1. The molecule has 0 amide bonds. The standard InChI is InChI=1S/C16H20N4S/c1-10(16-11(2)21-12(3)17-16)20(4)9-15-18-13-7-5-6-8-14(13)19-15/h5-8,10H,9H2,1-4H3,(H,18,19). The third kappa shape index (κ3) is 2.84. The number of imidazole rings is 1. The van der Waals surface area contributed by atoms with Gasteiger partial charge in [-0.2, -0.15) is 0 Å². The van der Waals surface area contributed by atoms with Gasteiger partial charge in [-0.15, -0.1) is 11.3 Å². The van der Waals surface area contributed by atoms with Crippen molar-refractivity contribution in [2.24, 2.45) is 0 Å². The Bertz CT molecular complexity index is 726. The van der Waals surface area contributed by atoms with E-state index < -0.39 is 0 Å². The topological polar surface area (TPSA) is 44.8 Å². The first-order valence-corrected chi connectivity index (χ1v) is 7.94. The van der Waals surface area contributed by atoms with Crippen LogP contribution in [-0.4, -0.2) is 26.9 Å². The number of aromatic amines is 1. The Morgan fingerprint density at radius 3 is 2.67 bits per heavy atom. The van der Waals surface area contributed by atoms with Crippen molar-refractivity contribution in [2.45, 2.75) is 33.4 Å². The molecular weight excluding hydrogens is 280 g/mol. The number of hydrogen-bond donors (Lipinski definition) is 1. The molecule has 5 heteroatoms. The van der Waals surface area contributed by atoms with Crippen LogP contribution in [0.1, 0.15) is 34.4 Å². The molecule has 0 spiro atoms. The van der Waals surface area contributed by atoms with Gasteiger partial charge in [0.2, 0.25) is 0 Å². The molecule has 0 aliphatic rings. The van der Waals surface area contributed by atoms with Crippen molar-refractivity contribution in [3.63, 3.8) is 0 Å². The number of rotatable bonds is 4. The molecule has 0 radical (unpaired) electrons. The molecule has 0 bridgehead atoms. The summed E-state index contributed by atoms with van der Waals surface area (Å²) in [5.74, 6) is 0.996. The first-order valence-electron chi connectivity index (χ1n) is 7.12. The molecule has 3 aromatic rings. The smallest absolute Gasteiger partial charge is 0.121 e. The summed E-state index contributed by atoms with van der Waals surface area (Å²) in [4.78, 5) is 16.3. The summed E-state index contributed by atoms with van der Waals surface area (Å²) in [6, 6.07) is 8.41. The lowest BCUT2D eigenvalue weighted by molar-refractivity contribution is 0.243. The minimum atomic E-state index is 0.281. The summed E-state index contributed by atoms with van der Waals surface area (Å²) in [5, 5.41) is 1.13. The van der Waals surface area contributed by atoms with E-state index in [4.69, 9.17) is 0 Å². The van der Waals surface area contributed by atoms with Crippen LogP contribution in [0.25, 0.3) is 11.0 Å². The quantitative estimate of drug-likeness (QED) is 0.796. The molecule has 0 aliphatic heterocycles. The Morgan fingerprint density at radius 2 is 2.00 bits per heavy atom. The molecule has 110 valence electrons. The lowest BCUT2D eigenvalue weighted by atomic mass is 10.2. The Balaban J connectivity index is 1.79. The molecule has 2 aromatic heterocycles.